The molecule has 27 heavy (non-hydrogen) atoms. The van der Waals surface area contributed by atoms with Gasteiger partial charge in [-0.25, -0.2) is 5.43 Å². The van der Waals surface area contributed by atoms with E-state index in [9.17, 15) is 9.59 Å². The highest BCUT2D eigenvalue weighted by atomic mass is 16.2. The van der Waals surface area contributed by atoms with Crippen LogP contribution in [0.3, 0.4) is 0 Å². The van der Waals surface area contributed by atoms with E-state index in [4.69, 9.17) is 0 Å². The first kappa shape index (κ1) is 18.1. The van der Waals surface area contributed by atoms with Crippen LogP contribution < -0.4 is 10.7 Å². The number of nitrogens with one attached hydrogen (secondary N) is 2. The third-order valence-corrected chi connectivity index (χ3v) is 3.91. The molecule has 0 saturated carbocycles. The summed E-state index contributed by atoms with van der Waals surface area (Å²) >= 11 is 0. The summed E-state index contributed by atoms with van der Waals surface area (Å²) in [5, 5.41) is 6.35. The number of aryl methyl sites for hydroxylation is 1. The van der Waals surface area contributed by atoms with Gasteiger partial charge in [-0.2, -0.15) is 5.10 Å². The summed E-state index contributed by atoms with van der Waals surface area (Å²) in [6.45, 7) is 1.94. The Hall–Kier alpha value is -3.73. The fourth-order valence-corrected chi connectivity index (χ4v) is 2.43. The summed E-state index contributed by atoms with van der Waals surface area (Å²) in [5.41, 5.74) is 6.89. The maximum atomic E-state index is 11.8. The van der Waals surface area contributed by atoms with Gasteiger partial charge in [0.05, 0.1) is 6.21 Å². The van der Waals surface area contributed by atoms with E-state index in [1.807, 2.05) is 73.7 Å². The van der Waals surface area contributed by atoms with E-state index in [0.29, 0.717) is 5.69 Å². The van der Waals surface area contributed by atoms with E-state index >= 15 is 0 Å². The number of carbonyl (C=O) groups excluding carboxylic acids is 2. The maximum absolute atomic E-state index is 11.8. The van der Waals surface area contributed by atoms with Crippen LogP contribution in [0.25, 0.3) is 11.1 Å². The minimum atomic E-state index is -0.826. The highest BCUT2D eigenvalue weighted by molar-refractivity contribution is 6.39. The van der Waals surface area contributed by atoms with Crippen LogP contribution in [0.2, 0.25) is 0 Å². The number of benzene rings is 3. The molecule has 0 atom stereocenters. The van der Waals surface area contributed by atoms with Crippen molar-refractivity contribution < 1.29 is 9.59 Å². The highest BCUT2D eigenvalue weighted by Crippen LogP contribution is 2.18. The molecule has 0 radical (unpaired) electrons. The van der Waals surface area contributed by atoms with Crippen molar-refractivity contribution in [2.24, 2.45) is 5.10 Å². The molecule has 0 bridgehead atoms. The van der Waals surface area contributed by atoms with Crippen molar-refractivity contribution in [2.45, 2.75) is 6.92 Å². The zero-order chi connectivity index (χ0) is 19.1. The standard InChI is InChI=1S/C22H19N3O2/c1-16-7-13-20(14-8-16)24-21(26)22(27)25-23-15-17-9-11-19(12-10-17)18-5-3-2-4-6-18/h2-15H,1H3,(H,24,26)(H,25,27)/b23-15-. The average molecular weight is 357 g/mol. The Morgan fingerprint density at radius 1 is 0.778 bits per heavy atom. The van der Waals surface area contributed by atoms with Crippen LogP contribution in [0.5, 0.6) is 0 Å². The van der Waals surface area contributed by atoms with Crippen LogP contribution >= 0.6 is 0 Å². The molecule has 3 rings (SSSR count). The number of hydrogen-bond acceptors (Lipinski definition) is 3. The monoisotopic (exact) mass is 357 g/mol. The normalized spacial score (nSPS) is 10.6. The predicted molar refractivity (Wildman–Crippen MR) is 107 cm³/mol. The van der Waals surface area contributed by atoms with Crippen molar-refractivity contribution in [3.05, 3.63) is 90.0 Å². The van der Waals surface area contributed by atoms with Gasteiger partial charge in [-0.05, 0) is 35.7 Å². The largest absolute Gasteiger partial charge is 0.329 e. The summed E-state index contributed by atoms with van der Waals surface area (Å²) in [4.78, 5) is 23.7. The highest BCUT2D eigenvalue weighted by Gasteiger charge is 2.12. The Morgan fingerprint density at radius 3 is 2.07 bits per heavy atom. The third-order valence-electron chi connectivity index (χ3n) is 3.91. The summed E-state index contributed by atoms with van der Waals surface area (Å²) < 4.78 is 0. The smallest absolute Gasteiger partial charge is 0.318 e. The van der Waals surface area contributed by atoms with Crippen molar-refractivity contribution in [2.75, 3.05) is 5.32 Å². The molecule has 5 nitrogen and oxygen atoms in total. The second kappa shape index (κ2) is 8.58. The molecule has 134 valence electrons. The lowest BCUT2D eigenvalue weighted by atomic mass is 10.0. The summed E-state index contributed by atoms with van der Waals surface area (Å²) in [6, 6.07) is 24.9. The van der Waals surface area contributed by atoms with E-state index in [1.165, 1.54) is 6.21 Å². The summed E-state index contributed by atoms with van der Waals surface area (Å²) in [6.07, 6.45) is 1.49. The minimum Gasteiger partial charge on any atom is -0.318 e. The van der Waals surface area contributed by atoms with Crippen LogP contribution in [0.1, 0.15) is 11.1 Å². The molecule has 0 aromatic heterocycles. The van der Waals surface area contributed by atoms with Gasteiger partial charge in [-0.1, -0.05) is 72.3 Å². The van der Waals surface area contributed by atoms with Gasteiger partial charge in [-0.3, -0.25) is 9.59 Å². The number of nitrogens with zero attached hydrogens (tertiary/aromatic N) is 1. The Morgan fingerprint density at radius 2 is 1.41 bits per heavy atom. The number of hydrazone groups is 1. The van der Waals surface area contributed by atoms with Gasteiger partial charge >= 0.3 is 11.8 Å². The number of carbonyl (C=O) groups is 2. The Kier molecular flexibility index (Phi) is 5.74. The van der Waals surface area contributed by atoms with E-state index in [-0.39, 0.29) is 0 Å². The number of anilines is 1. The van der Waals surface area contributed by atoms with Crippen molar-refractivity contribution in [1.82, 2.24) is 5.43 Å². The number of rotatable bonds is 4. The minimum absolute atomic E-state index is 0.557. The fraction of sp³-hybridized carbons (Fsp3) is 0.0455. The molecule has 0 unspecified atom stereocenters. The van der Waals surface area contributed by atoms with Gasteiger partial charge in [0.1, 0.15) is 0 Å². The molecule has 0 aliphatic rings. The van der Waals surface area contributed by atoms with Crippen LogP contribution in [-0.4, -0.2) is 18.0 Å². The molecular weight excluding hydrogens is 338 g/mol. The quantitative estimate of drug-likeness (QED) is 0.424. The molecule has 0 spiro atoms. The maximum Gasteiger partial charge on any atom is 0.329 e. The Labute approximate surface area is 157 Å². The number of amides is 2. The van der Waals surface area contributed by atoms with Gasteiger partial charge < -0.3 is 5.32 Å². The van der Waals surface area contributed by atoms with Crippen molar-refractivity contribution >= 4 is 23.7 Å². The SMILES string of the molecule is Cc1ccc(NC(=O)C(=O)N/N=C\c2ccc(-c3ccccc3)cc2)cc1. The van der Waals surface area contributed by atoms with Gasteiger partial charge in [0.25, 0.3) is 0 Å². The topological polar surface area (TPSA) is 70.6 Å². The average Bonchev–Trinajstić information content (AvgIpc) is 2.71. The zero-order valence-electron chi connectivity index (χ0n) is 14.8. The van der Waals surface area contributed by atoms with Crippen molar-refractivity contribution in [1.29, 1.82) is 0 Å². The molecular formula is C22H19N3O2. The molecule has 0 heterocycles. The van der Waals surface area contributed by atoms with Crippen molar-refractivity contribution in [3.63, 3.8) is 0 Å². The third kappa shape index (κ3) is 5.12. The lowest BCUT2D eigenvalue weighted by molar-refractivity contribution is -0.136. The summed E-state index contributed by atoms with van der Waals surface area (Å²) in [7, 11) is 0. The Bertz CT molecular complexity index is 947. The van der Waals surface area contributed by atoms with E-state index in [0.717, 1.165) is 22.3 Å². The molecule has 0 aliphatic heterocycles. The molecule has 0 fully saturated rings. The Balaban J connectivity index is 1.54. The van der Waals surface area contributed by atoms with Gasteiger partial charge in [0.15, 0.2) is 0 Å². The summed E-state index contributed by atoms with van der Waals surface area (Å²) in [5.74, 6) is -1.59. The molecule has 2 amide bonds. The lowest BCUT2D eigenvalue weighted by Gasteiger charge is -2.04. The molecule has 0 saturated heterocycles. The zero-order valence-corrected chi connectivity index (χ0v) is 14.8. The number of hydrogen-bond donors (Lipinski definition) is 2. The van der Waals surface area contributed by atoms with E-state index in [2.05, 4.69) is 15.8 Å². The van der Waals surface area contributed by atoms with Crippen LogP contribution in [-0.2, 0) is 9.59 Å². The lowest BCUT2D eigenvalue weighted by Crippen LogP contribution is -2.32. The second-order valence-corrected chi connectivity index (χ2v) is 6.01. The van der Waals surface area contributed by atoms with Gasteiger partial charge in [0.2, 0.25) is 0 Å². The first-order valence-corrected chi connectivity index (χ1v) is 8.48. The van der Waals surface area contributed by atoms with Crippen molar-refractivity contribution in [3.8, 4) is 11.1 Å². The first-order valence-electron chi connectivity index (χ1n) is 8.48. The van der Waals surface area contributed by atoms with E-state index < -0.39 is 11.8 Å². The molecule has 2 N–H and O–H groups in total. The molecule has 3 aromatic carbocycles. The van der Waals surface area contributed by atoms with Crippen LogP contribution in [0.15, 0.2) is 84.0 Å². The van der Waals surface area contributed by atoms with Gasteiger partial charge in [-0.15, -0.1) is 0 Å². The molecule has 0 aliphatic carbocycles. The fourth-order valence-electron chi connectivity index (χ4n) is 2.43. The van der Waals surface area contributed by atoms with Crippen LogP contribution in [0, 0.1) is 6.92 Å². The first-order chi connectivity index (χ1) is 13.1. The van der Waals surface area contributed by atoms with Gasteiger partial charge in [0, 0.05) is 5.69 Å². The second-order valence-electron chi connectivity index (χ2n) is 6.01. The molecule has 3 aromatic rings. The predicted octanol–water partition coefficient (Wildman–Crippen LogP) is 3.75. The molecule has 5 heteroatoms. The van der Waals surface area contributed by atoms with Crippen LogP contribution in [0.4, 0.5) is 5.69 Å². The van der Waals surface area contributed by atoms with E-state index in [1.54, 1.807) is 12.1 Å².